The molecule has 0 saturated heterocycles. The van der Waals surface area contributed by atoms with Crippen LogP contribution in [0.1, 0.15) is 41.0 Å². The van der Waals surface area contributed by atoms with E-state index in [0.717, 1.165) is 12.1 Å². The molecule has 1 unspecified atom stereocenters. The summed E-state index contributed by atoms with van der Waals surface area (Å²) >= 11 is 0. The van der Waals surface area contributed by atoms with Crippen LogP contribution < -0.4 is 0 Å². The third kappa shape index (κ3) is 3.41. The summed E-state index contributed by atoms with van der Waals surface area (Å²) in [5, 5.41) is 0.158. The third-order valence-electron chi connectivity index (χ3n) is 3.19. The van der Waals surface area contributed by atoms with E-state index in [9.17, 15) is 9.59 Å². The molecule has 0 fully saturated rings. The maximum Gasteiger partial charge on any atom is 0.264 e. The molecule has 0 amide bonds. The topological polar surface area (TPSA) is 43.4 Å². The highest BCUT2D eigenvalue weighted by atomic mass is 28.4. The molecule has 0 bridgehead atoms. The Bertz CT molecular complexity index is 289. The smallest absolute Gasteiger partial charge is 0.264 e. The summed E-state index contributed by atoms with van der Waals surface area (Å²) in [4.78, 5) is 22.4. The summed E-state index contributed by atoms with van der Waals surface area (Å²) in [7, 11) is -2.32. The van der Waals surface area contributed by atoms with Crippen molar-refractivity contribution in [1.82, 2.24) is 0 Å². The summed E-state index contributed by atoms with van der Waals surface area (Å²) in [6.45, 7) is 9.30. The first-order chi connectivity index (χ1) is 7.47. The minimum atomic E-state index is -2.32. The lowest BCUT2D eigenvalue weighted by Crippen LogP contribution is -2.47. The lowest BCUT2D eigenvalue weighted by Gasteiger charge is -2.30. The molecular weight excluding hydrogens is 220 g/mol. The second-order valence-corrected chi connectivity index (χ2v) is 8.34. The molecule has 0 aromatic carbocycles. The van der Waals surface area contributed by atoms with Gasteiger partial charge in [0.1, 0.15) is 11.3 Å². The van der Waals surface area contributed by atoms with Crippen molar-refractivity contribution in [2.45, 2.75) is 59.2 Å². The molecule has 0 radical (unpaired) electrons. The monoisotopic (exact) mass is 242 g/mol. The van der Waals surface area contributed by atoms with Crippen LogP contribution in [0, 0.1) is 0 Å². The minimum absolute atomic E-state index is 0.158. The van der Waals surface area contributed by atoms with Crippen molar-refractivity contribution in [3.8, 4) is 0 Å². The van der Waals surface area contributed by atoms with E-state index in [4.69, 9.17) is 4.43 Å². The van der Waals surface area contributed by atoms with E-state index in [0.29, 0.717) is 12.0 Å². The minimum Gasteiger partial charge on any atom is -0.402 e. The van der Waals surface area contributed by atoms with Crippen LogP contribution in [0.2, 0.25) is 12.1 Å². The molecular formula is C12H22O3Si. The summed E-state index contributed by atoms with van der Waals surface area (Å²) in [5.74, 6) is 1.91. The normalized spacial score (nSPS) is 13.1. The number of hydrogen-bond acceptors (Lipinski definition) is 3. The van der Waals surface area contributed by atoms with Crippen LogP contribution in [0.4, 0.5) is 0 Å². The molecule has 0 aliphatic heterocycles. The predicted molar refractivity (Wildman–Crippen MR) is 67.4 cm³/mol. The molecule has 0 aromatic rings. The fourth-order valence-electron chi connectivity index (χ4n) is 1.85. The number of rotatable bonds is 7. The molecule has 3 nitrogen and oxygen atoms in total. The van der Waals surface area contributed by atoms with Crippen LogP contribution in [0.3, 0.4) is 0 Å². The Labute approximate surface area is 99.0 Å². The molecule has 0 aliphatic rings. The Morgan fingerprint density at radius 1 is 1.31 bits per heavy atom. The predicted octanol–water partition coefficient (Wildman–Crippen LogP) is 2.67. The Morgan fingerprint density at radius 2 is 1.81 bits per heavy atom. The Kier molecular flexibility index (Phi) is 6.49. The molecule has 16 heavy (non-hydrogen) atoms. The first-order valence-corrected chi connectivity index (χ1v) is 8.22. The molecule has 0 aliphatic carbocycles. The van der Waals surface area contributed by atoms with E-state index >= 15 is 0 Å². The van der Waals surface area contributed by atoms with Gasteiger partial charge in [-0.05, 0) is 32.4 Å². The van der Waals surface area contributed by atoms with Gasteiger partial charge in [-0.15, -0.1) is 0 Å². The molecule has 4 heteroatoms. The zero-order chi connectivity index (χ0) is 12.8. The molecule has 0 aromatic heterocycles. The number of carbonyl (C=O) groups is 1. The average Bonchev–Trinajstić information content (AvgIpc) is 2.27. The van der Waals surface area contributed by atoms with Gasteiger partial charge in [0.25, 0.3) is 8.32 Å². The van der Waals surface area contributed by atoms with Crippen molar-refractivity contribution >= 4 is 19.7 Å². The maximum atomic E-state index is 11.7. The second kappa shape index (κ2) is 6.79. The van der Waals surface area contributed by atoms with Crippen molar-refractivity contribution in [3.05, 3.63) is 5.57 Å². The van der Waals surface area contributed by atoms with Crippen molar-refractivity contribution < 1.29 is 14.0 Å². The van der Waals surface area contributed by atoms with Crippen molar-refractivity contribution in [1.29, 1.82) is 0 Å². The zero-order valence-corrected chi connectivity index (χ0v) is 11.9. The summed E-state index contributed by atoms with van der Waals surface area (Å²) in [5.41, 5.74) is 0.611. The molecule has 0 N–H and O–H groups in total. The largest absolute Gasteiger partial charge is 0.402 e. The number of hydrogen-bond donors (Lipinski definition) is 0. The van der Waals surface area contributed by atoms with Gasteiger partial charge in [-0.25, -0.2) is 4.79 Å². The molecule has 0 heterocycles. The Balaban J connectivity index is 4.90. The lowest BCUT2D eigenvalue weighted by molar-refractivity contribution is -0.112. The van der Waals surface area contributed by atoms with Crippen LogP contribution in [0.5, 0.6) is 0 Å². The van der Waals surface area contributed by atoms with Crippen molar-refractivity contribution in [2.24, 2.45) is 0 Å². The van der Waals surface area contributed by atoms with Gasteiger partial charge in [0.15, 0.2) is 0 Å². The van der Waals surface area contributed by atoms with Gasteiger partial charge in [0, 0.05) is 5.57 Å². The van der Waals surface area contributed by atoms with Gasteiger partial charge in [-0.1, -0.05) is 20.8 Å². The quantitative estimate of drug-likeness (QED) is 0.509. The SMILES string of the molecule is CCC(=C=O)C(C)O[Si](CC)(CC)C(C)=O. The van der Waals surface area contributed by atoms with E-state index in [2.05, 4.69) is 0 Å². The Hall–Kier alpha value is -0.703. The van der Waals surface area contributed by atoms with Crippen molar-refractivity contribution in [3.63, 3.8) is 0 Å². The van der Waals surface area contributed by atoms with Gasteiger partial charge in [0.05, 0.1) is 6.10 Å². The van der Waals surface area contributed by atoms with Crippen LogP contribution in [0.25, 0.3) is 0 Å². The molecule has 1 atom stereocenters. The summed E-state index contributed by atoms with van der Waals surface area (Å²) in [6, 6.07) is 1.53. The highest BCUT2D eigenvalue weighted by molar-refractivity contribution is 7.01. The van der Waals surface area contributed by atoms with Crippen LogP contribution in [-0.2, 0) is 14.0 Å². The lowest BCUT2D eigenvalue weighted by atomic mass is 10.1. The fourth-order valence-corrected chi connectivity index (χ4v) is 4.66. The first-order valence-electron chi connectivity index (χ1n) is 5.90. The molecule has 0 saturated carbocycles. The van der Waals surface area contributed by atoms with Gasteiger partial charge >= 0.3 is 0 Å². The maximum absolute atomic E-state index is 11.7. The van der Waals surface area contributed by atoms with Crippen LogP contribution in [-0.4, -0.2) is 25.8 Å². The molecule has 0 spiro atoms. The number of carbonyl (C=O) groups excluding carboxylic acids is 2. The van der Waals surface area contributed by atoms with E-state index in [1.807, 2.05) is 33.6 Å². The van der Waals surface area contributed by atoms with E-state index in [1.54, 1.807) is 6.92 Å². The molecule has 92 valence electrons. The van der Waals surface area contributed by atoms with Gasteiger partial charge in [0.2, 0.25) is 0 Å². The standard InChI is InChI=1S/C12H22O3Si/c1-6-12(9-13)10(4)15-16(7-2,8-3)11(5)14/h10H,6-8H2,1-5H3. The van der Waals surface area contributed by atoms with Gasteiger partial charge in [-0.3, -0.25) is 0 Å². The average molecular weight is 242 g/mol. The molecule has 0 rings (SSSR count). The van der Waals surface area contributed by atoms with Gasteiger partial charge < -0.3 is 9.22 Å². The zero-order valence-electron chi connectivity index (χ0n) is 10.9. The van der Waals surface area contributed by atoms with Crippen LogP contribution in [0.15, 0.2) is 5.57 Å². The highest BCUT2D eigenvalue weighted by Crippen LogP contribution is 2.22. The third-order valence-corrected chi connectivity index (χ3v) is 7.56. The fraction of sp³-hybridized carbons (Fsp3) is 0.750. The van der Waals surface area contributed by atoms with E-state index < -0.39 is 8.32 Å². The van der Waals surface area contributed by atoms with E-state index in [-0.39, 0.29) is 11.5 Å². The summed E-state index contributed by atoms with van der Waals surface area (Å²) < 4.78 is 5.93. The van der Waals surface area contributed by atoms with Crippen molar-refractivity contribution in [2.75, 3.05) is 0 Å². The Morgan fingerprint density at radius 3 is 2.06 bits per heavy atom. The first kappa shape index (κ1) is 15.3. The van der Waals surface area contributed by atoms with Gasteiger partial charge in [-0.2, -0.15) is 0 Å². The van der Waals surface area contributed by atoms with E-state index in [1.165, 1.54) is 0 Å². The second-order valence-electron chi connectivity index (χ2n) is 4.00. The summed E-state index contributed by atoms with van der Waals surface area (Å²) in [6.07, 6.45) is 0.346. The highest BCUT2D eigenvalue weighted by Gasteiger charge is 2.39. The van der Waals surface area contributed by atoms with Crippen LogP contribution >= 0.6 is 0 Å².